The Labute approximate surface area is 79.0 Å². The summed E-state index contributed by atoms with van der Waals surface area (Å²) in [4.78, 5) is 10.9. The van der Waals surface area contributed by atoms with Crippen LogP contribution in [0.4, 0.5) is 0 Å². The Morgan fingerprint density at radius 1 is 1.54 bits per heavy atom. The predicted molar refractivity (Wildman–Crippen MR) is 50.1 cm³/mol. The fourth-order valence-electron chi connectivity index (χ4n) is 2.45. The van der Waals surface area contributed by atoms with Crippen LogP contribution in [0.1, 0.15) is 33.1 Å². The van der Waals surface area contributed by atoms with E-state index in [4.69, 9.17) is 4.74 Å². The second-order valence-corrected chi connectivity index (χ2v) is 4.40. The Morgan fingerprint density at radius 2 is 2.31 bits per heavy atom. The third-order valence-electron chi connectivity index (χ3n) is 3.08. The third kappa shape index (κ3) is 1.62. The minimum absolute atomic E-state index is 0.0885. The molecule has 0 radical (unpaired) electrons. The standard InChI is InChI=1S/C11H16O2/c1-8-4-3-5-10-7-11(10,6-8)13-9(2)12/h3-4,8,10H,5-7H2,1-2H3/t8?,10-,11+/m1/s1. The second kappa shape index (κ2) is 2.86. The molecule has 72 valence electrons. The molecule has 1 saturated carbocycles. The molecule has 1 unspecified atom stereocenters. The van der Waals surface area contributed by atoms with Gasteiger partial charge in [0.15, 0.2) is 0 Å². The topological polar surface area (TPSA) is 26.3 Å². The smallest absolute Gasteiger partial charge is 0.303 e. The first-order chi connectivity index (χ1) is 6.12. The van der Waals surface area contributed by atoms with Gasteiger partial charge in [-0.05, 0) is 25.2 Å². The van der Waals surface area contributed by atoms with Crippen LogP contribution in [0, 0.1) is 11.8 Å². The number of carbonyl (C=O) groups excluding carboxylic acids is 1. The number of carbonyl (C=O) groups is 1. The van der Waals surface area contributed by atoms with Crippen molar-refractivity contribution < 1.29 is 9.53 Å². The average molecular weight is 180 g/mol. The molecule has 0 saturated heterocycles. The van der Waals surface area contributed by atoms with E-state index in [1.165, 1.54) is 6.92 Å². The molecule has 0 amide bonds. The Balaban J connectivity index is 2.06. The first-order valence-corrected chi connectivity index (χ1v) is 4.99. The first-order valence-electron chi connectivity index (χ1n) is 4.99. The van der Waals surface area contributed by atoms with Crippen molar-refractivity contribution in [2.75, 3.05) is 0 Å². The van der Waals surface area contributed by atoms with E-state index in [-0.39, 0.29) is 11.6 Å². The summed E-state index contributed by atoms with van der Waals surface area (Å²) >= 11 is 0. The number of rotatable bonds is 1. The van der Waals surface area contributed by atoms with Gasteiger partial charge in [0.2, 0.25) is 0 Å². The van der Waals surface area contributed by atoms with E-state index >= 15 is 0 Å². The van der Waals surface area contributed by atoms with E-state index < -0.39 is 0 Å². The molecule has 13 heavy (non-hydrogen) atoms. The fourth-order valence-corrected chi connectivity index (χ4v) is 2.45. The minimum atomic E-state index is -0.128. The summed E-state index contributed by atoms with van der Waals surface area (Å²) in [5.41, 5.74) is -0.0885. The van der Waals surface area contributed by atoms with E-state index in [1.54, 1.807) is 0 Å². The van der Waals surface area contributed by atoms with Gasteiger partial charge in [-0.15, -0.1) is 0 Å². The highest BCUT2D eigenvalue weighted by molar-refractivity contribution is 5.67. The molecule has 0 bridgehead atoms. The maximum Gasteiger partial charge on any atom is 0.303 e. The van der Waals surface area contributed by atoms with Crippen molar-refractivity contribution in [3.8, 4) is 0 Å². The third-order valence-corrected chi connectivity index (χ3v) is 3.08. The van der Waals surface area contributed by atoms with Crippen molar-refractivity contribution in [2.45, 2.75) is 38.7 Å². The van der Waals surface area contributed by atoms with Gasteiger partial charge in [-0.3, -0.25) is 4.79 Å². The molecule has 0 aromatic heterocycles. The van der Waals surface area contributed by atoms with Gasteiger partial charge in [-0.2, -0.15) is 0 Å². The summed E-state index contributed by atoms with van der Waals surface area (Å²) in [6, 6.07) is 0. The molecule has 0 aromatic carbocycles. The molecule has 2 nitrogen and oxygen atoms in total. The number of hydrogen-bond donors (Lipinski definition) is 0. The minimum Gasteiger partial charge on any atom is -0.459 e. The van der Waals surface area contributed by atoms with Crippen LogP contribution in [0.15, 0.2) is 12.2 Å². The molecule has 0 aromatic rings. The van der Waals surface area contributed by atoms with Crippen molar-refractivity contribution in [3.05, 3.63) is 12.2 Å². The van der Waals surface area contributed by atoms with Crippen LogP contribution >= 0.6 is 0 Å². The molecule has 0 aliphatic heterocycles. The van der Waals surface area contributed by atoms with Gasteiger partial charge in [0.1, 0.15) is 5.60 Å². The number of ether oxygens (including phenoxy) is 1. The van der Waals surface area contributed by atoms with Gasteiger partial charge in [0, 0.05) is 12.8 Å². The lowest BCUT2D eigenvalue weighted by Crippen LogP contribution is -2.22. The molecular formula is C11H16O2. The van der Waals surface area contributed by atoms with Crippen LogP contribution in [0.3, 0.4) is 0 Å². The van der Waals surface area contributed by atoms with E-state index in [0.29, 0.717) is 11.8 Å². The maximum atomic E-state index is 10.9. The van der Waals surface area contributed by atoms with Crippen LogP contribution in [-0.2, 0) is 9.53 Å². The monoisotopic (exact) mass is 180 g/mol. The van der Waals surface area contributed by atoms with Crippen molar-refractivity contribution in [1.29, 1.82) is 0 Å². The van der Waals surface area contributed by atoms with Gasteiger partial charge in [-0.1, -0.05) is 19.1 Å². The molecule has 2 aliphatic rings. The normalized spacial score (nSPS) is 42.0. The van der Waals surface area contributed by atoms with Crippen molar-refractivity contribution in [1.82, 2.24) is 0 Å². The Morgan fingerprint density at radius 3 is 3.00 bits per heavy atom. The highest BCUT2D eigenvalue weighted by Gasteiger charge is 2.57. The van der Waals surface area contributed by atoms with Crippen LogP contribution < -0.4 is 0 Å². The molecule has 2 aliphatic carbocycles. The highest BCUT2D eigenvalue weighted by atomic mass is 16.6. The first kappa shape index (κ1) is 8.79. The van der Waals surface area contributed by atoms with Gasteiger partial charge in [0.25, 0.3) is 0 Å². The molecular weight excluding hydrogens is 164 g/mol. The highest BCUT2D eigenvalue weighted by Crippen LogP contribution is 2.54. The van der Waals surface area contributed by atoms with Crippen LogP contribution in [0.25, 0.3) is 0 Å². The van der Waals surface area contributed by atoms with E-state index in [1.807, 2.05) is 0 Å². The lowest BCUT2D eigenvalue weighted by atomic mass is 10.0. The quantitative estimate of drug-likeness (QED) is 0.457. The summed E-state index contributed by atoms with van der Waals surface area (Å²) in [5, 5.41) is 0. The Kier molecular flexibility index (Phi) is 1.94. The summed E-state index contributed by atoms with van der Waals surface area (Å²) < 4.78 is 5.42. The van der Waals surface area contributed by atoms with E-state index in [0.717, 1.165) is 19.3 Å². The maximum absolute atomic E-state index is 10.9. The lowest BCUT2D eigenvalue weighted by Gasteiger charge is -2.18. The zero-order chi connectivity index (χ0) is 9.47. The summed E-state index contributed by atoms with van der Waals surface area (Å²) in [7, 11) is 0. The summed E-state index contributed by atoms with van der Waals surface area (Å²) in [6.07, 6.45) is 7.62. The van der Waals surface area contributed by atoms with Gasteiger partial charge >= 0.3 is 5.97 Å². The van der Waals surface area contributed by atoms with Crippen molar-refractivity contribution >= 4 is 5.97 Å². The number of hydrogen-bond acceptors (Lipinski definition) is 2. The van der Waals surface area contributed by atoms with Gasteiger partial charge in [0.05, 0.1) is 0 Å². The molecule has 2 heteroatoms. The number of fused-ring (bicyclic) bond motifs is 1. The predicted octanol–water partition coefficient (Wildman–Crippen LogP) is 2.29. The largest absolute Gasteiger partial charge is 0.459 e. The number of esters is 1. The average Bonchev–Trinajstić information content (AvgIpc) is 2.60. The Bertz CT molecular complexity index is 257. The zero-order valence-electron chi connectivity index (χ0n) is 8.25. The Hall–Kier alpha value is -0.790. The van der Waals surface area contributed by atoms with Crippen LogP contribution in [0.5, 0.6) is 0 Å². The lowest BCUT2D eigenvalue weighted by molar-refractivity contribution is -0.150. The van der Waals surface area contributed by atoms with Crippen LogP contribution in [0.2, 0.25) is 0 Å². The zero-order valence-corrected chi connectivity index (χ0v) is 8.25. The van der Waals surface area contributed by atoms with Crippen molar-refractivity contribution in [2.24, 2.45) is 11.8 Å². The molecule has 0 heterocycles. The molecule has 3 atom stereocenters. The van der Waals surface area contributed by atoms with E-state index in [9.17, 15) is 4.79 Å². The molecule has 0 N–H and O–H groups in total. The fraction of sp³-hybridized carbons (Fsp3) is 0.727. The molecule has 0 spiro atoms. The van der Waals surface area contributed by atoms with E-state index in [2.05, 4.69) is 19.1 Å². The van der Waals surface area contributed by atoms with Gasteiger partial charge in [-0.25, -0.2) is 0 Å². The molecule has 2 rings (SSSR count). The van der Waals surface area contributed by atoms with Gasteiger partial charge < -0.3 is 4.74 Å². The second-order valence-electron chi connectivity index (χ2n) is 4.40. The van der Waals surface area contributed by atoms with Crippen molar-refractivity contribution in [3.63, 3.8) is 0 Å². The molecule has 1 fully saturated rings. The van der Waals surface area contributed by atoms with Crippen LogP contribution in [-0.4, -0.2) is 11.6 Å². The SMILES string of the molecule is CC(=O)O[C@]12CC(C)C=CC[C@@H]1C2. The number of allylic oxidation sites excluding steroid dienone is 2. The summed E-state index contributed by atoms with van der Waals surface area (Å²) in [5.74, 6) is 1.01. The summed E-state index contributed by atoms with van der Waals surface area (Å²) in [6.45, 7) is 3.69.